The molecule has 0 N–H and O–H groups in total. The number of likely N-dealkylation sites (tertiary alicyclic amines) is 1. The maximum atomic E-state index is 12.9. The number of methoxy groups -OCH3 is 1. The van der Waals surface area contributed by atoms with E-state index in [4.69, 9.17) is 9.26 Å². The van der Waals surface area contributed by atoms with Gasteiger partial charge in [0.15, 0.2) is 0 Å². The van der Waals surface area contributed by atoms with Crippen LogP contribution < -0.4 is 4.74 Å². The molecule has 2 aromatic carbocycles. The average molecular weight is 442 g/mol. The van der Waals surface area contributed by atoms with Gasteiger partial charge in [-0.3, -0.25) is 4.79 Å². The fraction of sp³-hybridized carbons (Fsp3) is 0.286. The molecule has 7 heteroatoms. The number of benzene rings is 2. The SMILES string of the molecule is COc1ccc(CC(=O)N2CCCC2c2nc(-c3ccc(Br)cc3)no2)cc1. The highest BCUT2D eigenvalue weighted by Crippen LogP contribution is 2.32. The van der Waals surface area contributed by atoms with E-state index in [9.17, 15) is 4.79 Å². The lowest BCUT2D eigenvalue weighted by atomic mass is 10.1. The Labute approximate surface area is 171 Å². The molecule has 3 aromatic rings. The van der Waals surface area contributed by atoms with Crippen molar-refractivity contribution in [3.63, 3.8) is 0 Å². The minimum absolute atomic E-state index is 0.0658. The number of nitrogens with zero attached hydrogens (tertiary/aromatic N) is 3. The highest BCUT2D eigenvalue weighted by molar-refractivity contribution is 9.10. The van der Waals surface area contributed by atoms with Gasteiger partial charge >= 0.3 is 0 Å². The molecule has 0 radical (unpaired) electrons. The Morgan fingerprint density at radius 3 is 2.68 bits per heavy atom. The molecule has 28 heavy (non-hydrogen) atoms. The average Bonchev–Trinajstić information content (AvgIpc) is 3.38. The number of aromatic nitrogens is 2. The molecule has 4 rings (SSSR count). The Bertz CT molecular complexity index is 954. The van der Waals surface area contributed by atoms with Gasteiger partial charge in [0.05, 0.1) is 13.5 Å². The number of halogens is 1. The predicted octanol–water partition coefficient (Wildman–Crippen LogP) is 4.41. The maximum absolute atomic E-state index is 12.9. The van der Waals surface area contributed by atoms with Crippen LogP contribution in [0.1, 0.15) is 30.3 Å². The Hall–Kier alpha value is -2.67. The van der Waals surface area contributed by atoms with E-state index in [1.807, 2.05) is 53.4 Å². The van der Waals surface area contributed by atoms with Crippen molar-refractivity contribution in [2.45, 2.75) is 25.3 Å². The summed E-state index contributed by atoms with van der Waals surface area (Å²) in [4.78, 5) is 19.3. The molecule has 1 fully saturated rings. The van der Waals surface area contributed by atoms with Gasteiger partial charge in [-0.05, 0) is 54.8 Å². The van der Waals surface area contributed by atoms with Gasteiger partial charge in [0.2, 0.25) is 17.6 Å². The highest BCUT2D eigenvalue weighted by Gasteiger charge is 2.34. The van der Waals surface area contributed by atoms with Crippen LogP contribution in [0.25, 0.3) is 11.4 Å². The van der Waals surface area contributed by atoms with Gasteiger partial charge in [-0.1, -0.05) is 33.2 Å². The molecule has 1 aliphatic heterocycles. The summed E-state index contributed by atoms with van der Waals surface area (Å²) in [7, 11) is 1.63. The third-order valence-electron chi connectivity index (χ3n) is 4.92. The van der Waals surface area contributed by atoms with Crippen molar-refractivity contribution >= 4 is 21.8 Å². The van der Waals surface area contributed by atoms with Crippen LogP contribution >= 0.6 is 15.9 Å². The largest absolute Gasteiger partial charge is 0.497 e. The molecule has 0 bridgehead atoms. The first-order valence-electron chi connectivity index (χ1n) is 9.16. The van der Waals surface area contributed by atoms with Crippen molar-refractivity contribution in [1.82, 2.24) is 15.0 Å². The first-order valence-corrected chi connectivity index (χ1v) is 9.95. The van der Waals surface area contributed by atoms with Crippen LogP contribution in [0.3, 0.4) is 0 Å². The van der Waals surface area contributed by atoms with Gasteiger partial charge in [-0.25, -0.2) is 0 Å². The lowest BCUT2D eigenvalue weighted by molar-refractivity contribution is -0.131. The van der Waals surface area contributed by atoms with E-state index >= 15 is 0 Å². The van der Waals surface area contributed by atoms with Crippen molar-refractivity contribution in [2.75, 3.05) is 13.7 Å². The molecule has 6 nitrogen and oxygen atoms in total. The molecule has 1 aliphatic rings. The van der Waals surface area contributed by atoms with Crippen LogP contribution in [0.2, 0.25) is 0 Å². The number of rotatable bonds is 5. The van der Waals surface area contributed by atoms with Gasteiger partial charge in [0.1, 0.15) is 11.8 Å². The summed E-state index contributed by atoms with van der Waals surface area (Å²) in [5, 5.41) is 4.10. The zero-order chi connectivity index (χ0) is 19.5. The molecule has 1 unspecified atom stereocenters. The summed E-state index contributed by atoms with van der Waals surface area (Å²) >= 11 is 3.42. The number of ether oxygens (including phenoxy) is 1. The van der Waals surface area contributed by atoms with E-state index in [-0.39, 0.29) is 11.9 Å². The van der Waals surface area contributed by atoms with Crippen molar-refractivity contribution in [1.29, 1.82) is 0 Å². The van der Waals surface area contributed by atoms with Crippen LogP contribution in [0, 0.1) is 0 Å². The van der Waals surface area contributed by atoms with E-state index in [0.717, 1.165) is 34.2 Å². The van der Waals surface area contributed by atoms with E-state index in [1.165, 1.54) is 0 Å². The van der Waals surface area contributed by atoms with Gasteiger partial charge in [0, 0.05) is 16.6 Å². The van der Waals surface area contributed by atoms with Crippen molar-refractivity contribution < 1.29 is 14.1 Å². The third-order valence-corrected chi connectivity index (χ3v) is 5.45. The number of hydrogen-bond donors (Lipinski definition) is 0. The van der Waals surface area contributed by atoms with E-state index < -0.39 is 0 Å². The molecule has 144 valence electrons. The maximum Gasteiger partial charge on any atom is 0.249 e. The van der Waals surface area contributed by atoms with Crippen LogP contribution in [-0.4, -0.2) is 34.6 Å². The molecule has 0 aliphatic carbocycles. The van der Waals surface area contributed by atoms with Crippen molar-refractivity contribution in [3.8, 4) is 17.1 Å². The molecule has 1 amide bonds. The minimum Gasteiger partial charge on any atom is -0.497 e. The summed E-state index contributed by atoms with van der Waals surface area (Å²) in [6.07, 6.45) is 2.10. The summed E-state index contributed by atoms with van der Waals surface area (Å²) in [6.45, 7) is 0.704. The second kappa shape index (κ2) is 8.14. The highest BCUT2D eigenvalue weighted by atomic mass is 79.9. The van der Waals surface area contributed by atoms with Gasteiger partial charge in [-0.15, -0.1) is 0 Å². The molecule has 0 spiro atoms. The molecule has 2 heterocycles. The third kappa shape index (κ3) is 3.94. The summed E-state index contributed by atoms with van der Waals surface area (Å²) in [5.41, 5.74) is 1.84. The second-order valence-corrected chi connectivity index (χ2v) is 7.65. The minimum atomic E-state index is -0.164. The van der Waals surface area contributed by atoms with Crippen LogP contribution in [-0.2, 0) is 11.2 Å². The zero-order valence-electron chi connectivity index (χ0n) is 15.5. The lowest BCUT2D eigenvalue weighted by Gasteiger charge is -2.22. The lowest BCUT2D eigenvalue weighted by Crippen LogP contribution is -2.32. The molecular formula is C21H20BrN3O3. The molecule has 1 aromatic heterocycles. The molecule has 1 saturated heterocycles. The topological polar surface area (TPSA) is 68.5 Å². The van der Waals surface area contributed by atoms with Crippen molar-refractivity contribution in [2.24, 2.45) is 0 Å². The van der Waals surface area contributed by atoms with Gasteiger partial charge < -0.3 is 14.2 Å². The van der Waals surface area contributed by atoms with Crippen LogP contribution in [0.15, 0.2) is 57.5 Å². The van der Waals surface area contributed by atoms with Gasteiger partial charge in [-0.2, -0.15) is 4.98 Å². The second-order valence-electron chi connectivity index (χ2n) is 6.73. The van der Waals surface area contributed by atoms with E-state index in [0.29, 0.717) is 24.7 Å². The monoisotopic (exact) mass is 441 g/mol. The summed E-state index contributed by atoms with van der Waals surface area (Å²) < 4.78 is 11.7. The quantitative estimate of drug-likeness (QED) is 0.586. The molecule has 0 saturated carbocycles. The smallest absolute Gasteiger partial charge is 0.249 e. The number of hydrogen-bond acceptors (Lipinski definition) is 5. The number of carbonyl (C=O) groups excluding carboxylic acids is 1. The van der Waals surface area contributed by atoms with Gasteiger partial charge in [0.25, 0.3) is 0 Å². The molecular weight excluding hydrogens is 422 g/mol. The zero-order valence-corrected chi connectivity index (χ0v) is 17.1. The Kier molecular flexibility index (Phi) is 5.43. The normalized spacial score (nSPS) is 16.4. The number of amides is 1. The van der Waals surface area contributed by atoms with E-state index in [2.05, 4.69) is 26.1 Å². The fourth-order valence-corrected chi connectivity index (χ4v) is 3.69. The Morgan fingerprint density at radius 1 is 1.21 bits per heavy atom. The standard InChI is InChI=1S/C21H20BrN3O3/c1-27-17-10-4-14(5-11-17)13-19(26)25-12-2-3-18(25)21-23-20(24-28-21)15-6-8-16(22)9-7-15/h4-11,18H,2-3,12-13H2,1H3. The van der Waals surface area contributed by atoms with Crippen molar-refractivity contribution in [3.05, 3.63) is 64.5 Å². The Morgan fingerprint density at radius 2 is 1.96 bits per heavy atom. The Balaban J connectivity index is 1.48. The first-order chi connectivity index (χ1) is 13.6. The van der Waals surface area contributed by atoms with E-state index in [1.54, 1.807) is 7.11 Å². The van der Waals surface area contributed by atoms with Crippen LogP contribution in [0.4, 0.5) is 0 Å². The van der Waals surface area contributed by atoms with Crippen LogP contribution in [0.5, 0.6) is 5.75 Å². The summed E-state index contributed by atoms with van der Waals surface area (Å²) in [6, 6.07) is 15.1. The number of carbonyl (C=O) groups is 1. The fourth-order valence-electron chi connectivity index (χ4n) is 3.43. The first kappa shape index (κ1) is 18.7. The molecule has 1 atom stereocenters. The summed E-state index contributed by atoms with van der Waals surface area (Å²) in [5.74, 6) is 1.88. The predicted molar refractivity (Wildman–Crippen MR) is 108 cm³/mol.